The third-order valence-electron chi connectivity index (χ3n) is 4.00. The largest absolute Gasteiger partial charge is 0.391 e. The van der Waals surface area contributed by atoms with E-state index in [1.807, 2.05) is 0 Å². The predicted octanol–water partition coefficient (Wildman–Crippen LogP) is 0.295. The molecule has 2 heterocycles. The van der Waals surface area contributed by atoms with Crippen LogP contribution in [0.3, 0.4) is 0 Å². The predicted molar refractivity (Wildman–Crippen MR) is 72.8 cm³/mol. The number of aliphatic hydroxyl groups is 1. The number of aliphatic imine (C=N–C) groups is 1. The van der Waals surface area contributed by atoms with Crippen molar-refractivity contribution in [2.45, 2.75) is 55.4 Å². The van der Waals surface area contributed by atoms with Gasteiger partial charge in [-0.25, -0.2) is 0 Å². The zero-order chi connectivity index (χ0) is 12.5. The summed E-state index contributed by atoms with van der Waals surface area (Å²) in [6, 6.07) is 0.666. The summed E-state index contributed by atoms with van der Waals surface area (Å²) in [5, 5.41) is 17.8. The molecule has 6 heteroatoms. The minimum Gasteiger partial charge on any atom is -0.391 e. The van der Waals surface area contributed by atoms with Gasteiger partial charge >= 0.3 is 0 Å². The van der Waals surface area contributed by atoms with E-state index in [-0.39, 0.29) is 23.7 Å². The van der Waals surface area contributed by atoms with Crippen molar-refractivity contribution in [1.29, 1.82) is 0 Å². The van der Waals surface area contributed by atoms with Crippen LogP contribution in [0.5, 0.6) is 0 Å². The summed E-state index contributed by atoms with van der Waals surface area (Å²) in [6.45, 7) is 0.851. The fraction of sp³-hybridized carbons (Fsp3) is 0.917. The molecule has 0 amide bonds. The van der Waals surface area contributed by atoms with E-state index in [2.05, 4.69) is 15.6 Å². The lowest BCUT2D eigenvalue weighted by molar-refractivity contribution is -0.0739. The lowest BCUT2D eigenvalue weighted by Crippen LogP contribution is -2.53. The molecule has 0 bridgehead atoms. The number of amidine groups is 1. The van der Waals surface area contributed by atoms with E-state index in [0.717, 1.165) is 11.7 Å². The van der Waals surface area contributed by atoms with E-state index in [0.29, 0.717) is 12.5 Å². The average molecular weight is 271 g/mol. The number of hydrogen-bond acceptors (Lipinski definition) is 5. The molecule has 0 aromatic carbocycles. The zero-order valence-corrected chi connectivity index (χ0v) is 11.4. The number of rotatable bonds is 3. The highest BCUT2D eigenvalue weighted by atomic mass is 32.2. The van der Waals surface area contributed by atoms with Crippen molar-refractivity contribution in [3.63, 3.8) is 0 Å². The van der Waals surface area contributed by atoms with Gasteiger partial charge in [0, 0.05) is 26.1 Å². The first-order valence-electron chi connectivity index (χ1n) is 6.73. The first-order chi connectivity index (χ1) is 8.76. The van der Waals surface area contributed by atoms with Gasteiger partial charge in [-0.05, 0) is 12.8 Å². The van der Waals surface area contributed by atoms with Crippen molar-refractivity contribution >= 4 is 16.9 Å². The summed E-state index contributed by atoms with van der Waals surface area (Å²) < 4.78 is 6.03. The minimum absolute atomic E-state index is 0.000593. The third kappa shape index (κ3) is 2.52. The van der Waals surface area contributed by atoms with Crippen LogP contribution in [0.2, 0.25) is 0 Å². The van der Waals surface area contributed by atoms with Gasteiger partial charge in [-0.3, -0.25) is 4.99 Å². The second-order valence-electron chi connectivity index (χ2n) is 5.28. The fourth-order valence-electron chi connectivity index (χ4n) is 2.64. The SMILES string of the molecule is CN=C1N[C@H]2[C@H](O[C@H](CNC3CCC3)C[C@@H]2O)S1. The molecule has 102 valence electrons. The molecule has 3 rings (SSSR count). The molecule has 1 saturated carbocycles. The Morgan fingerprint density at radius 2 is 2.39 bits per heavy atom. The summed E-state index contributed by atoms with van der Waals surface area (Å²) >= 11 is 1.58. The van der Waals surface area contributed by atoms with Gasteiger partial charge in [0.05, 0.1) is 18.2 Å². The number of ether oxygens (including phenoxy) is 1. The van der Waals surface area contributed by atoms with Crippen molar-refractivity contribution < 1.29 is 9.84 Å². The van der Waals surface area contributed by atoms with Crippen LogP contribution in [0.4, 0.5) is 0 Å². The van der Waals surface area contributed by atoms with Gasteiger partial charge in [0.2, 0.25) is 0 Å². The van der Waals surface area contributed by atoms with Crippen LogP contribution in [0, 0.1) is 0 Å². The van der Waals surface area contributed by atoms with E-state index in [1.165, 1.54) is 19.3 Å². The molecule has 0 spiro atoms. The fourth-order valence-corrected chi connectivity index (χ4v) is 3.78. The molecule has 3 N–H and O–H groups in total. The van der Waals surface area contributed by atoms with E-state index < -0.39 is 0 Å². The Kier molecular flexibility index (Phi) is 3.79. The Morgan fingerprint density at radius 1 is 1.56 bits per heavy atom. The van der Waals surface area contributed by atoms with Gasteiger partial charge in [-0.2, -0.15) is 0 Å². The molecular formula is C12H21N3O2S. The number of nitrogens with zero attached hydrogens (tertiary/aromatic N) is 1. The van der Waals surface area contributed by atoms with Gasteiger partial charge in [0.25, 0.3) is 0 Å². The van der Waals surface area contributed by atoms with Crippen LogP contribution in [0.15, 0.2) is 4.99 Å². The number of nitrogens with one attached hydrogen (secondary N) is 2. The zero-order valence-electron chi connectivity index (χ0n) is 10.6. The van der Waals surface area contributed by atoms with Gasteiger partial charge in [-0.15, -0.1) is 0 Å². The Bertz CT molecular complexity index is 335. The highest BCUT2D eigenvalue weighted by Gasteiger charge is 2.43. The first kappa shape index (κ1) is 12.7. The molecular weight excluding hydrogens is 250 g/mol. The Morgan fingerprint density at radius 3 is 3.06 bits per heavy atom. The van der Waals surface area contributed by atoms with Crippen LogP contribution in [0.25, 0.3) is 0 Å². The molecule has 18 heavy (non-hydrogen) atoms. The molecule has 1 aliphatic carbocycles. The van der Waals surface area contributed by atoms with Crippen LogP contribution in [0.1, 0.15) is 25.7 Å². The highest BCUT2D eigenvalue weighted by molar-refractivity contribution is 8.14. The van der Waals surface area contributed by atoms with E-state index in [9.17, 15) is 5.11 Å². The first-order valence-corrected chi connectivity index (χ1v) is 7.61. The van der Waals surface area contributed by atoms with E-state index in [1.54, 1.807) is 18.8 Å². The number of fused-ring (bicyclic) bond motifs is 1. The molecule has 2 aliphatic heterocycles. The maximum Gasteiger partial charge on any atom is 0.159 e. The van der Waals surface area contributed by atoms with Crippen LogP contribution in [-0.2, 0) is 4.74 Å². The van der Waals surface area contributed by atoms with Crippen molar-refractivity contribution in [3.05, 3.63) is 0 Å². The number of aliphatic hydroxyl groups excluding tert-OH is 1. The summed E-state index contributed by atoms with van der Waals surface area (Å²) in [4.78, 5) is 4.13. The van der Waals surface area contributed by atoms with Crippen LogP contribution < -0.4 is 10.6 Å². The van der Waals surface area contributed by atoms with Gasteiger partial charge in [-0.1, -0.05) is 18.2 Å². The highest BCUT2D eigenvalue weighted by Crippen LogP contribution is 2.33. The maximum atomic E-state index is 10.2. The second-order valence-corrected chi connectivity index (χ2v) is 6.37. The molecule has 5 nitrogen and oxygen atoms in total. The van der Waals surface area contributed by atoms with Gasteiger partial charge in [0.1, 0.15) is 5.44 Å². The molecule has 0 unspecified atom stereocenters. The summed E-state index contributed by atoms with van der Waals surface area (Å²) in [5.74, 6) is 0. The second kappa shape index (κ2) is 5.36. The Hall–Kier alpha value is -0.300. The average Bonchev–Trinajstić information content (AvgIpc) is 2.70. The van der Waals surface area contributed by atoms with Gasteiger partial charge < -0.3 is 20.5 Å². The monoisotopic (exact) mass is 271 g/mol. The summed E-state index contributed by atoms with van der Waals surface area (Å²) in [7, 11) is 1.76. The van der Waals surface area contributed by atoms with Crippen molar-refractivity contribution in [2.75, 3.05) is 13.6 Å². The van der Waals surface area contributed by atoms with E-state index >= 15 is 0 Å². The lowest BCUT2D eigenvalue weighted by Gasteiger charge is -2.36. The Labute approximate surface area is 112 Å². The smallest absolute Gasteiger partial charge is 0.159 e. The number of hydrogen-bond donors (Lipinski definition) is 3. The minimum atomic E-state index is -0.344. The Balaban J connectivity index is 1.53. The third-order valence-corrected chi connectivity index (χ3v) is 5.16. The van der Waals surface area contributed by atoms with Crippen molar-refractivity contribution in [1.82, 2.24) is 10.6 Å². The van der Waals surface area contributed by atoms with E-state index in [4.69, 9.17) is 4.74 Å². The molecule has 3 fully saturated rings. The van der Waals surface area contributed by atoms with Crippen molar-refractivity contribution in [3.8, 4) is 0 Å². The van der Waals surface area contributed by atoms with Gasteiger partial charge in [0.15, 0.2) is 5.17 Å². The molecule has 0 radical (unpaired) electrons. The molecule has 2 saturated heterocycles. The topological polar surface area (TPSA) is 65.9 Å². The number of thioether (sulfide) groups is 1. The van der Waals surface area contributed by atoms with Crippen LogP contribution >= 0.6 is 11.8 Å². The van der Waals surface area contributed by atoms with Crippen LogP contribution in [-0.4, -0.2) is 53.6 Å². The molecule has 0 aromatic heterocycles. The lowest BCUT2D eigenvalue weighted by atomic mass is 9.92. The maximum absolute atomic E-state index is 10.2. The summed E-state index contributed by atoms with van der Waals surface area (Å²) in [5.41, 5.74) is 0.000593. The standard InChI is InChI=1S/C12H21N3O2S/c1-13-12-15-10-9(16)5-8(17-11(10)18-12)6-14-7-3-2-4-7/h7-11,14,16H,2-6H2,1H3,(H,13,15)/t8-,9-,10+,11+/m0/s1. The molecule has 0 aromatic rings. The molecule has 3 aliphatic rings. The molecule has 4 atom stereocenters. The van der Waals surface area contributed by atoms with Crippen molar-refractivity contribution in [2.24, 2.45) is 4.99 Å². The summed E-state index contributed by atoms with van der Waals surface area (Å²) in [6.07, 6.45) is 4.38. The normalized spacial score (nSPS) is 42.4. The quantitative estimate of drug-likeness (QED) is 0.689.